The summed E-state index contributed by atoms with van der Waals surface area (Å²) < 4.78 is 8.07. The van der Waals surface area contributed by atoms with Gasteiger partial charge in [-0.3, -0.25) is 9.48 Å². The minimum Gasteiger partial charge on any atom is -0.487 e. The summed E-state index contributed by atoms with van der Waals surface area (Å²) in [7, 11) is 1.82. The SMILES string of the molecule is Cc1nn(C)c(COc2ccc(Br)c(C=O)c2)c1Cl. The number of aromatic nitrogens is 2. The summed E-state index contributed by atoms with van der Waals surface area (Å²) in [5, 5.41) is 4.82. The Morgan fingerprint density at radius 2 is 2.26 bits per heavy atom. The molecule has 0 atom stereocenters. The standard InChI is InChI=1S/C13H12BrClN2O2/c1-8-13(15)12(17(2)16-8)7-19-10-3-4-11(14)9(5-10)6-18/h3-6H,7H2,1-2H3. The van der Waals surface area contributed by atoms with Crippen molar-refractivity contribution < 1.29 is 9.53 Å². The van der Waals surface area contributed by atoms with Gasteiger partial charge in [-0.05, 0) is 25.1 Å². The Hall–Kier alpha value is -1.33. The molecule has 1 heterocycles. The van der Waals surface area contributed by atoms with E-state index in [0.717, 1.165) is 22.1 Å². The Kier molecular flexibility index (Phi) is 4.27. The third-order valence-corrected chi connectivity index (χ3v) is 3.95. The zero-order chi connectivity index (χ0) is 14.0. The van der Waals surface area contributed by atoms with Gasteiger partial charge in [0.25, 0.3) is 0 Å². The highest BCUT2D eigenvalue weighted by Gasteiger charge is 2.11. The van der Waals surface area contributed by atoms with Crippen LogP contribution >= 0.6 is 27.5 Å². The van der Waals surface area contributed by atoms with E-state index in [2.05, 4.69) is 21.0 Å². The topological polar surface area (TPSA) is 44.1 Å². The number of rotatable bonds is 4. The number of nitrogens with zero attached hydrogens (tertiary/aromatic N) is 2. The van der Waals surface area contributed by atoms with Crippen LogP contribution < -0.4 is 4.74 Å². The van der Waals surface area contributed by atoms with Gasteiger partial charge in [-0.2, -0.15) is 5.10 Å². The number of hydrogen-bond acceptors (Lipinski definition) is 3. The molecule has 6 heteroatoms. The normalized spacial score (nSPS) is 10.5. The molecular weight excluding hydrogens is 332 g/mol. The van der Waals surface area contributed by atoms with Gasteiger partial charge in [-0.25, -0.2) is 0 Å². The van der Waals surface area contributed by atoms with Crippen LogP contribution in [0.15, 0.2) is 22.7 Å². The molecule has 4 nitrogen and oxygen atoms in total. The number of halogens is 2. The number of carbonyl (C=O) groups excluding carboxylic acids is 1. The fraction of sp³-hybridized carbons (Fsp3) is 0.231. The van der Waals surface area contributed by atoms with Crippen molar-refractivity contribution >= 4 is 33.8 Å². The molecule has 0 radical (unpaired) electrons. The summed E-state index contributed by atoms with van der Waals surface area (Å²) in [6, 6.07) is 5.23. The molecular formula is C13H12BrClN2O2. The predicted molar refractivity (Wildman–Crippen MR) is 76.8 cm³/mol. The van der Waals surface area contributed by atoms with E-state index < -0.39 is 0 Å². The lowest BCUT2D eigenvalue weighted by Gasteiger charge is -2.08. The van der Waals surface area contributed by atoms with E-state index in [1.54, 1.807) is 22.9 Å². The molecule has 2 rings (SSSR count). The fourth-order valence-electron chi connectivity index (χ4n) is 1.69. The summed E-state index contributed by atoms with van der Waals surface area (Å²) >= 11 is 9.43. The van der Waals surface area contributed by atoms with Crippen LogP contribution in [0, 0.1) is 6.92 Å². The highest BCUT2D eigenvalue weighted by molar-refractivity contribution is 9.10. The van der Waals surface area contributed by atoms with Gasteiger partial charge in [0.2, 0.25) is 0 Å². The van der Waals surface area contributed by atoms with Crippen LogP contribution in [0.3, 0.4) is 0 Å². The van der Waals surface area contributed by atoms with Gasteiger partial charge < -0.3 is 4.74 Å². The van der Waals surface area contributed by atoms with Gasteiger partial charge in [0.1, 0.15) is 12.4 Å². The van der Waals surface area contributed by atoms with E-state index in [9.17, 15) is 4.79 Å². The maximum Gasteiger partial charge on any atom is 0.151 e. The van der Waals surface area contributed by atoms with Crippen LogP contribution in [-0.2, 0) is 13.7 Å². The number of aldehydes is 1. The smallest absolute Gasteiger partial charge is 0.151 e. The number of ether oxygens (including phenoxy) is 1. The van der Waals surface area contributed by atoms with Crippen LogP contribution in [-0.4, -0.2) is 16.1 Å². The maximum atomic E-state index is 10.8. The number of benzene rings is 1. The second-order valence-corrected chi connectivity index (χ2v) is 5.29. The quantitative estimate of drug-likeness (QED) is 0.798. The minimum absolute atomic E-state index is 0.302. The first kappa shape index (κ1) is 14.1. The Morgan fingerprint density at radius 1 is 1.53 bits per heavy atom. The molecule has 1 aromatic heterocycles. The summed E-state index contributed by atoms with van der Waals surface area (Å²) in [6.45, 7) is 2.14. The van der Waals surface area contributed by atoms with E-state index in [0.29, 0.717) is 22.9 Å². The van der Waals surface area contributed by atoms with Crippen molar-refractivity contribution in [2.45, 2.75) is 13.5 Å². The average Bonchev–Trinajstić information content (AvgIpc) is 2.63. The van der Waals surface area contributed by atoms with Crippen LogP contribution in [0.1, 0.15) is 21.7 Å². The van der Waals surface area contributed by atoms with Gasteiger partial charge in [0.15, 0.2) is 6.29 Å². The van der Waals surface area contributed by atoms with E-state index in [-0.39, 0.29) is 0 Å². The van der Waals surface area contributed by atoms with Gasteiger partial charge >= 0.3 is 0 Å². The van der Waals surface area contributed by atoms with Crippen molar-refractivity contribution in [1.82, 2.24) is 9.78 Å². The molecule has 0 aliphatic rings. The molecule has 0 saturated carbocycles. The van der Waals surface area contributed by atoms with Crippen molar-refractivity contribution in [3.63, 3.8) is 0 Å². The Morgan fingerprint density at radius 3 is 2.84 bits per heavy atom. The highest BCUT2D eigenvalue weighted by Crippen LogP contribution is 2.24. The van der Waals surface area contributed by atoms with E-state index in [1.165, 1.54) is 0 Å². The van der Waals surface area contributed by atoms with Crippen molar-refractivity contribution in [2.24, 2.45) is 7.05 Å². The molecule has 0 saturated heterocycles. The molecule has 0 spiro atoms. The fourth-order valence-corrected chi connectivity index (χ4v) is 2.25. The third-order valence-electron chi connectivity index (χ3n) is 2.73. The zero-order valence-electron chi connectivity index (χ0n) is 10.5. The summed E-state index contributed by atoms with van der Waals surface area (Å²) in [5.41, 5.74) is 2.12. The Labute approximate surface area is 124 Å². The molecule has 0 fully saturated rings. The molecule has 0 aliphatic heterocycles. The van der Waals surface area contributed by atoms with Crippen molar-refractivity contribution in [3.8, 4) is 5.75 Å². The van der Waals surface area contributed by atoms with Crippen LogP contribution in [0.25, 0.3) is 0 Å². The number of carbonyl (C=O) groups is 1. The third kappa shape index (κ3) is 2.98. The van der Waals surface area contributed by atoms with Gasteiger partial charge in [-0.15, -0.1) is 0 Å². The second kappa shape index (κ2) is 5.75. The van der Waals surface area contributed by atoms with Crippen molar-refractivity contribution in [3.05, 3.63) is 44.6 Å². The van der Waals surface area contributed by atoms with Gasteiger partial charge in [0.05, 0.1) is 16.4 Å². The first-order chi connectivity index (χ1) is 9.02. The number of aryl methyl sites for hydroxylation is 2. The lowest BCUT2D eigenvalue weighted by molar-refractivity contribution is 0.112. The molecule has 19 heavy (non-hydrogen) atoms. The minimum atomic E-state index is 0.302. The number of hydrogen-bond donors (Lipinski definition) is 0. The lowest BCUT2D eigenvalue weighted by atomic mass is 10.2. The molecule has 0 bridgehead atoms. The van der Waals surface area contributed by atoms with Gasteiger partial charge in [-0.1, -0.05) is 27.5 Å². The molecule has 0 aliphatic carbocycles. The first-order valence-electron chi connectivity index (χ1n) is 5.58. The van der Waals surface area contributed by atoms with Crippen LogP contribution in [0.2, 0.25) is 5.02 Å². The molecule has 1 aromatic carbocycles. The summed E-state index contributed by atoms with van der Waals surface area (Å²) in [6.07, 6.45) is 0.776. The van der Waals surface area contributed by atoms with E-state index >= 15 is 0 Å². The van der Waals surface area contributed by atoms with Crippen molar-refractivity contribution in [1.29, 1.82) is 0 Å². The lowest BCUT2D eigenvalue weighted by Crippen LogP contribution is -2.03. The zero-order valence-corrected chi connectivity index (χ0v) is 12.8. The van der Waals surface area contributed by atoms with E-state index in [1.807, 2.05) is 14.0 Å². The predicted octanol–water partition coefficient (Wildman–Crippen LogP) is 3.54. The largest absolute Gasteiger partial charge is 0.487 e. The van der Waals surface area contributed by atoms with Crippen LogP contribution in [0.4, 0.5) is 0 Å². The Balaban J connectivity index is 2.16. The van der Waals surface area contributed by atoms with Crippen molar-refractivity contribution in [2.75, 3.05) is 0 Å². The summed E-state index contributed by atoms with van der Waals surface area (Å²) in [5.74, 6) is 0.611. The average molecular weight is 344 g/mol. The summed E-state index contributed by atoms with van der Waals surface area (Å²) in [4.78, 5) is 10.8. The Bertz CT molecular complexity index is 625. The van der Waals surface area contributed by atoms with E-state index in [4.69, 9.17) is 16.3 Å². The van der Waals surface area contributed by atoms with Crippen LogP contribution in [0.5, 0.6) is 5.75 Å². The maximum absolute atomic E-state index is 10.8. The second-order valence-electron chi connectivity index (χ2n) is 4.06. The first-order valence-corrected chi connectivity index (χ1v) is 6.75. The van der Waals surface area contributed by atoms with Gasteiger partial charge in [0, 0.05) is 17.1 Å². The highest BCUT2D eigenvalue weighted by atomic mass is 79.9. The molecule has 0 unspecified atom stereocenters. The monoisotopic (exact) mass is 342 g/mol. The molecule has 0 N–H and O–H groups in total. The molecule has 2 aromatic rings. The molecule has 100 valence electrons. The molecule has 0 amide bonds.